The molecule has 0 unspecified atom stereocenters. The number of methoxy groups -OCH3 is 1. The predicted octanol–water partition coefficient (Wildman–Crippen LogP) is 2.51. The summed E-state index contributed by atoms with van der Waals surface area (Å²) in [4.78, 5) is 25.3. The smallest absolute Gasteiger partial charge is 0.410 e. The molecule has 1 heterocycles. The van der Waals surface area contributed by atoms with Crippen LogP contribution in [0.15, 0.2) is 22.7 Å². The van der Waals surface area contributed by atoms with Gasteiger partial charge >= 0.3 is 12.1 Å². The fraction of sp³-hybridized carbons (Fsp3) is 0.429. The van der Waals surface area contributed by atoms with Gasteiger partial charge in [-0.2, -0.15) is 0 Å². The number of amides is 1. The molecular weight excluding hydrogens is 326 g/mol. The van der Waals surface area contributed by atoms with E-state index in [9.17, 15) is 9.59 Å². The zero-order valence-electron chi connectivity index (χ0n) is 11.4. The first-order chi connectivity index (χ1) is 9.58. The van der Waals surface area contributed by atoms with Crippen LogP contribution in [0.4, 0.5) is 4.79 Å². The van der Waals surface area contributed by atoms with Crippen LogP contribution < -0.4 is 0 Å². The van der Waals surface area contributed by atoms with Crippen molar-refractivity contribution in [3.05, 3.63) is 33.8 Å². The van der Waals surface area contributed by atoms with Crippen molar-refractivity contribution in [2.75, 3.05) is 13.7 Å². The first kappa shape index (κ1) is 14.8. The second-order valence-corrected chi connectivity index (χ2v) is 5.30. The number of halogens is 1. The summed E-state index contributed by atoms with van der Waals surface area (Å²) in [6, 6.07) is 5.13. The van der Waals surface area contributed by atoms with Gasteiger partial charge in [0.2, 0.25) is 0 Å². The number of rotatable bonds is 2. The molecule has 0 radical (unpaired) electrons. The number of ether oxygens (including phenoxy) is 2. The minimum absolute atomic E-state index is 0.272. The number of carbonyl (C=O) groups excluding carboxylic acids is 2. The summed E-state index contributed by atoms with van der Waals surface area (Å²) in [5.41, 5.74) is 2.04. The highest BCUT2D eigenvalue weighted by molar-refractivity contribution is 9.10. The van der Waals surface area contributed by atoms with Crippen molar-refractivity contribution < 1.29 is 19.1 Å². The predicted molar refractivity (Wildman–Crippen MR) is 76.2 cm³/mol. The van der Waals surface area contributed by atoms with Crippen LogP contribution in [-0.2, 0) is 27.2 Å². The molecule has 1 aliphatic heterocycles. The summed E-state index contributed by atoms with van der Waals surface area (Å²) < 4.78 is 10.8. The standard InChI is InChI=1S/C14H16BrNO4/c1-3-20-14(18)16-8-9-5-4-6-11(15)10(9)7-12(16)13(17)19-2/h4-6,12H,3,7-8H2,1-2H3/t12-/m1/s1. The van der Waals surface area contributed by atoms with E-state index in [-0.39, 0.29) is 6.61 Å². The monoisotopic (exact) mass is 341 g/mol. The molecule has 0 bridgehead atoms. The van der Waals surface area contributed by atoms with Crippen molar-refractivity contribution in [2.24, 2.45) is 0 Å². The summed E-state index contributed by atoms with van der Waals surface area (Å²) in [5, 5.41) is 0. The maximum atomic E-state index is 12.0. The summed E-state index contributed by atoms with van der Waals surface area (Å²) >= 11 is 3.48. The zero-order chi connectivity index (χ0) is 14.7. The average molecular weight is 342 g/mol. The van der Waals surface area contributed by atoms with Crippen LogP contribution in [0.2, 0.25) is 0 Å². The van der Waals surface area contributed by atoms with Gasteiger partial charge in [-0.3, -0.25) is 4.90 Å². The van der Waals surface area contributed by atoms with E-state index in [2.05, 4.69) is 15.9 Å². The van der Waals surface area contributed by atoms with Gasteiger partial charge in [-0.25, -0.2) is 9.59 Å². The third-order valence-corrected chi connectivity index (χ3v) is 4.05. The molecule has 0 fully saturated rings. The van der Waals surface area contributed by atoms with E-state index >= 15 is 0 Å². The normalized spacial score (nSPS) is 17.4. The zero-order valence-corrected chi connectivity index (χ0v) is 13.0. The van der Waals surface area contributed by atoms with Crippen molar-refractivity contribution in [3.63, 3.8) is 0 Å². The number of hydrogen-bond acceptors (Lipinski definition) is 4. The molecule has 2 rings (SSSR count). The van der Waals surface area contributed by atoms with E-state index < -0.39 is 18.1 Å². The molecule has 1 aromatic carbocycles. The number of hydrogen-bond donors (Lipinski definition) is 0. The van der Waals surface area contributed by atoms with E-state index in [0.29, 0.717) is 13.0 Å². The summed E-state index contributed by atoms with van der Waals surface area (Å²) in [5.74, 6) is -0.431. The fourth-order valence-electron chi connectivity index (χ4n) is 2.32. The molecule has 0 saturated carbocycles. The Morgan fingerprint density at radius 1 is 1.45 bits per heavy atom. The van der Waals surface area contributed by atoms with Gasteiger partial charge in [0.15, 0.2) is 0 Å². The lowest BCUT2D eigenvalue weighted by Crippen LogP contribution is -2.49. The highest BCUT2D eigenvalue weighted by Crippen LogP contribution is 2.30. The highest BCUT2D eigenvalue weighted by Gasteiger charge is 2.36. The number of esters is 1. The number of benzene rings is 1. The van der Waals surface area contributed by atoms with Gasteiger partial charge in [0, 0.05) is 10.9 Å². The third-order valence-electron chi connectivity index (χ3n) is 3.31. The molecule has 1 atom stereocenters. The summed E-state index contributed by atoms with van der Waals surface area (Å²) in [6.45, 7) is 2.35. The lowest BCUT2D eigenvalue weighted by molar-refractivity contribution is -0.147. The van der Waals surface area contributed by atoms with Crippen LogP contribution in [0.3, 0.4) is 0 Å². The Bertz CT molecular complexity index is 532. The average Bonchev–Trinajstić information content (AvgIpc) is 2.46. The van der Waals surface area contributed by atoms with Crippen molar-refractivity contribution in [3.8, 4) is 0 Å². The minimum Gasteiger partial charge on any atom is -0.467 e. The maximum absolute atomic E-state index is 12.0. The lowest BCUT2D eigenvalue weighted by Gasteiger charge is -2.34. The molecule has 1 aromatic rings. The molecule has 5 nitrogen and oxygen atoms in total. The van der Waals surface area contributed by atoms with Gasteiger partial charge in [0.1, 0.15) is 6.04 Å². The van der Waals surface area contributed by atoms with Crippen molar-refractivity contribution >= 4 is 28.0 Å². The Morgan fingerprint density at radius 2 is 2.20 bits per heavy atom. The van der Waals surface area contributed by atoms with E-state index in [0.717, 1.165) is 15.6 Å². The molecule has 0 aliphatic carbocycles. The third kappa shape index (κ3) is 2.80. The van der Waals surface area contributed by atoms with Crippen LogP contribution in [0.5, 0.6) is 0 Å². The van der Waals surface area contributed by atoms with Crippen LogP contribution in [-0.4, -0.2) is 36.7 Å². The molecule has 1 amide bonds. The van der Waals surface area contributed by atoms with Crippen molar-refractivity contribution in [1.29, 1.82) is 0 Å². The van der Waals surface area contributed by atoms with Gasteiger partial charge in [-0.1, -0.05) is 28.1 Å². The molecule has 0 spiro atoms. The van der Waals surface area contributed by atoms with Crippen LogP contribution in [0.25, 0.3) is 0 Å². The Balaban J connectivity index is 2.35. The molecule has 0 aromatic heterocycles. The number of carbonyl (C=O) groups is 2. The second-order valence-electron chi connectivity index (χ2n) is 4.45. The molecule has 20 heavy (non-hydrogen) atoms. The van der Waals surface area contributed by atoms with E-state index in [1.165, 1.54) is 12.0 Å². The van der Waals surface area contributed by atoms with Gasteiger partial charge in [-0.15, -0.1) is 0 Å². The quantitative estimate of drug-likeness (QED) is 0.775. The van der Waals surface area contributed by atoms with Gasteiger partial charge in [-0.05, 0) is 24.1 Å². The van der Waals surface area contributed by atoms with E-state index in [1.54, 1.807) is 6.92 Å². The van der Waals surface area contributed by atoms with Crippen LogP contribution >= 0.6 is 15.9 Å². The van der Waals surface area contributed by atoms with Gasteiger partial charge < -0.3 is 9.47 Å². The Hall–Kier alpha value is -1.56. The van der Waals surface area contributed by atoms with Gasteiger partial charge in [0.05, 0.1) is 20.3 Å². The number of fused-ring (bicyclic) bond motifs is 1. The second kappa shape index (κ2) is 6.26. The van der Waals surface area contributed by atoms with Crippen LogP contribution in [0.1, 0.15) is 18.1 Å². The molecular formula is C14H16BrNO4. The first-order valence-corrected chi connectivity index (χ1v) is 7.15. The lowest BCUT2D eigenvalue weighted by atomic mass is 9.94. The molecule has 1 aliphatic rings. The highest BCUT2D eigenvalue weighted by atomic mass is 79.9. The topological polar surface area (TPSA) is 55.8 Å². The molecule has 0 N–H and O–H groups in total. The maximum Gasteiger partial charge on any atom is 0.410 e. The van der Waals surface area contributed by atoms with Crippen LogP contribution in [0, 0.1) is 0 Å². The van der Waals surface area contributed by atoms with E-state index in [4.69, 9.17) is 9.47 Å². The Labute approximate surface area is 126 Å². The van der Waals surface area contributed by atoms with Gasteiger partial charge in [0.25, 0.3) is 0 Å². The molecule has 108 valence electrons. The Morgan fingerprint density at radius 3 is 2.85 bits per heavy atom. The summed E-state index contributed by atoms with van der Waals surface area (Å²) in [6.07, 6.45) is -0.0732. The fourth-order valence-corrected chi connectivity index (χ4v) is 2.89. The Kier molecular flexibility index (Phi) is 4.65. The summed E-state index contributed by atoms with van der Waals surface area (Å²) in [7, 11) is 1.32. The largest absolute Gasteiger partial charge is 0.467 e. The van der Waals surface area contributed by atoms with E-state index in [1.807, 2.05) is 18.2 Å². The SMILES string of the molecule is CCOC(=O)N1Cc2cccc(Br)c2C[C@@H]1C(=O)OC. The minimum atomic E-state index is -0.648. The molecule has 6 heteroatoms. The number of nitrogens with zero attached hydrogens (tertiary/aromatic N) is 1. The van der Waals surface area contributed by atoms with Crippen molar-refractivity contribution in [1.82, 2.24) is 4.90 Å². The van der Waals surface area contributed by atoms with Crippen molar-refractivity contribution in [2.45, 2.75) is 25.9 Å². The first-order valence-electron chi connectivity index (χ1n) is 6.36. The molecule has 0 saturated heterocycles.